The Morgan fingerprint density at radius 1 is 1.13 bits per heavy atom. The average molecular weight is 447 g/mol. The first-order valence-electron chi connectivity index (χ1n) is 10.7. The zero-order valence-corrected chi connectivity index (χ0v) is 19.2. The lowest BCUT2D eigenvalue weighted by atomic mass is 10.1. The Balaban J connectivity index is 1.47. The number of carbonyl (C=O) groups is 1. The summed E-state index contributed by atoms with van der Waals surface area (Å²) in [5, 5.41) is 3.68. The second kappa shape index (κ2) is 11.4. The highest BCUT2D eigenvalue weighted by molar-refractivity contribution is 6.30. The molecule has 0 radical (unpaired) electrons. The molecule has 7 heteroatoms. The Morgan fingerprint density at radius 3 is 2.52 bits per heavy atom. The maximum atomic E-state index is 12.5. The quantitative estimate of drug-likeness (QED) is 0.586. The highest BCUT2D eigenvalue weighted by atomic mass is 35.5. The van der Waals surface area contributed by atoms with Gasteiger partial charge in [0.05, 0.1) is 19.3 Å². The van der Waals surface area contributed by atoms with Gasteiger partial charge in [0.2, 0.25) is 0 Å². The summed E-state index contributed by atoms with van der Waals surface area (Å²) in [6.07, 6.45) is 1.40. The van der Waals surface area contributed by atoms with Crippen molar-refractivity contribution in [2.24, 2.45) is 0 Å². The Labute approximate surface area is 189 Å². The fraction of sp³-hybridized carbons (Fsp3) is 0.458. The molecule has 3 rings (SSSR count). The first kappa shape index (κ1) is 23.4. The number of halogens is 1. The van der Waals surface area contributed by atoms with Crippen molar-refractivity contribution in [2.45, 2.75) is 39.1 Å². The van der Waals surface area contributed by atoms with E-state index in [1.807, 2.05) is 24.3 Å². The lowest BCUT2D eigenvalue weighted by molar-refractivity contribution is -0.0679. The molecule has 1 saturated heterocycles. The van der Waals surface area contributed by atoms with Gasteiger partial charge in [0.25, 0.3) is 5.91 Å². The number of morpholine rings is 1. The molecule has 2 aromatic carbocycles. The standard InChI is InChI=1S/C24H31ClN2O4/c1-17-14-27(15-18(2)31-17)12-4-11-26-24(28)20-7-10-22(23(13-20)29-3)30-16-19-5-8-21(25)9-6-19/h5-10,13,17-18H,4,11-12,14-16H2,1-3H3,(H,26,28)/t17-,18+. The van der Waals surface area contributed by atoms with Crippen LogP contribution in [-0.4, -0.2) is 56.3 Å². The number of hydrogen-bond donors (Lipinski definition) is 1. The number of ether oxygens (including phenoxy) is 3. The van der Waals surface area contributed by atoms with E-state index in [-0.39, 0.29) is 18.1 Å². The molecule has 0 bridgehead atoms. The van der Waals surface area contributed by atoms with Crippen molar-refractivity contribution < 1.29 is 19.0 Å². The largest absolute Gasteiger partial charge is 0.493 e. The van der Waals surface area contributed by atoms with Crippen molar-refractivity contribution in [3.8, 4) is 11.5 Å². The molecule has 0 unspecified atom stereocenters. The Kier molecular flexibility index (Phi) is 8.58. The van der Waals surface area contributed by atoms with Gasteiger partial charge in [-0.1, -0.05) is 23.7 Å². The van der Waals surface area contributed by atoms with Gasteiger partial charge in [0.15, 0.2) is 11.5 Å². The van der Waals surface area contributed by atoms with E-state index in [1.54, 1.807) is 25.3 Å². The topological polar surface area (TPSA) is 60.0 Å². The molecule has 0 spiro atoms. The van der Waals surface area contributed by atoms with E-state index in [1.165, 1.54) is 0 Å². The molecule has 1 N–H and O–H groups in total. The molecule has 1 aliphatic rings. The first-order valence-corrected chi connectivity index (χ1v) is 11.0. The van der Waals surface area contributed by atoms with E-state index in [2.05, 4.69) is 24.1 Å². The first-order chi connectivity index (χ1) is 14.9. The zero-order chi connectivity index (χ0) is 22.2. The third-order valence-corrected chi connectivity index (χ3v) is 5.42. The van der Waals surface area contributed by atoms with Gasteiger partial charge < -0.3 is 19.5 Å². The van der Waals surface area contributed by atoms with Gasteiger partial charge in [-0.2, -0.15) is 0 Å². The van der Waals surface area contributed by atoms with Gasteiger partial charge in [-0.15, -0.1) is 0 Å². The third kappa shape index (κ3) is 7.13. The highest BCUT2D eigenvalue weighted by Crippen LogP contribution is 2.29. The van der Waals surface area contributed by atoms with Crippen molar-refractivity contribution in [3.05, 3.63) is 58.6 Å². The lowest BCUT2D eigenvalue weighted by Crippen LogP contribution is -2.46. The van der Waals surface area contributed by atoms with Crippen LogP contribution in [0.3, 0.4) is 0 Å². The average Bonchev–Trinajstić information content (AvgIpc) is 2.75. The van der Waals surface area contributed by atoms with Crippen LogP contribution in [0.5, 0.6) is 11.5 Å². The minimum atomic E-state index is -0.119. The van der Waals surface area contributed by atoms with Crippen LogP contribution in [0.4, 0.5) is 0 Å². The maximum absolute atomic E-state index is 12.5. The molecule has 0 saturated carbocycles. The predicted molar refractivity (Wildman–Crippen MR) is 122 cm³/mol. The van der Waals surface area contributed by atoms with Crippen molar-refractivity contribution in [1.82, 2.24) is 10.2 Å². The minimum absolute atomic E-state index is 0.119. The molecule has 1 amide bonds. The number of methoxy groups -OCH3 is 1. The van der Waals surface area contributed by atoms with Crippen LogP contribution in [0.15, 0.2) is 42.5 Å². The van der Waals surface area contributed by atoms with Crippen molar-refractivity contribution in [1.29, 1.82) is 0 Å². The summed E-state index contributed by atoms with van der Waals surface area (Å²) in [6, 6.07) is 12.7. The van der Waals surface area contributed by atoms with E-state index in [0.29, 0.717) is 35.2 Å². The summed E-state index contributed by atoms with van der Waals surface area (Å²) in [6.45, 7) is 8.02. The molecule has 0 aromatic heterocycles. The summed E-state index contributed by atoms with van der Waals surface area (Å²) in [5.74, 6) is 0.994. The molecule has 2 atom stereocenters. The van der Waals surface area contributed by atoms with Crippen LogP contribution in [0.25, 0.3) is 0 Å². The van der Waals surface area contributed by atoms with Crippen LogP contribution < -0.4 is 14.8 Å². The molecule has 31 heavy (non-hydrogen) atoms. The number of rotatable bonds is 9. The molecule has 2 aromatic rings. The Bertz CT molecular complexity index is 849. The SMILES string of the molecule is COc1cc(C(=O)NCCCN2C[C@@H](C)O[C@@H](C)C2)ccc1OCc1ccc(Cl)cc1. The molecule has 0 aliphatic carbocycles. The van der Waals surface area contributed by atoms with Crippen molar-refractivity contribution >= 4 is 17.5 Å². The minimum Gasteiger partial charge on any atom is -0.493 e. The number of nitrogens with zero attached hydrogens (tertiary/aromatic N) is 1. The van der Waals surface area contributed by atoms with E-state index >= 15 is 0 Å². The molecule has 1 aliphatic heterocycles. The molecule has 1 fully saturated rings. The number of amides is 1. The van der Waals surface area contributed by atoms with Gasteiger partial charge in [0.1, 0.15) is 6.61 Å². The van der Waals surface area contributed by atoms with E-state index in [9.17, 15) is 4.79 Å². The second-order valence-corrected chi connectivity index (χ2v) is 8.34. The molecule has 1 heterocycles. The summed E-state index contributed by atoms with van der Waals surface area (Å²) in [7, 11) is 1.57. The van der Waals surface area contributed by atoms with Gasteiger partial charge >= 0.3 is 0 Å². The molecular formula is C24H31ClN2O4. The number of nitrogens with one attached hydrogen (secondary N) is 1. The number of benzene rings is 2. The van der Waals surface area contributed by atoms with Gasteiger partial charge in [-0.25, -0.2) is 0 Å². The van der Waals surface area contributed by atoms with E-state index in [0.717, 1.165) is 31.6 Å². The zero-order valence-electron chi connectivity index (χ0n) is 18.4. The van der Waals surface area contributed by atoms with Crippen molar-refractivity contribution in [2.75, 3.05) is 33.3 Å². The molecule has 6 nitrogen and oxygen atoms in total. The Hall–Kier alpha value is -2.28. The van der Waals surface area contributed by atoms with E-state index in [4.69, 9.17) is 25.8 Å². The van der Waals surface area contributed by atoms with Gasteiger partial charge in [-0.3, -0.25) is 9.69 Å². The van der Waals surface area contributed by atoms with Crippen LogP contribution in [0.1, 0.15) is 36.2 Å². The Morgan fingerprint density at radius 2 is 1.84 bits per heavy atom. The smallest absolute Gasteiger partial charge is 0.251 e. The predicted octanol–water partition coefficient (Wildman–Crippen LogP) is 4.16. The maximum Gasteiger partial charge on any atom is 0.251 e. The lowest BCUT2D eigenvalue weighted by Gasteiger charge is -2.35. The fourth-order valence-corrected chi connectivity index (χ4v) is 3.87. The van der Waals surface area contributed by atoms with Gasteiger partial charge in [0, 0.05) is 36.8 Å². The summed E-state index contributed by atoms with van der Waals surface area (Å²) >= 11 is 5.91. The van der Waals surface area contributed by atoms with E-state index < -0.39 is 0 Å². The van der Waals surface area contributed by atoms with Crippen molar-refractivity contribution in [3.63, 3.8) is 0 Å². The molecule has 168 valence electrons. The van der Waals surface area contributed by atoms with Gasteiger partial charge in [-0.05, 0) is 56.2 Å². The summed E-state index contributed by atoms with van der Waals surface area (Å²) in [5.41, 5.74) is 1.54. The van der Waals surface area contributed by atoms with Crippen LogP contribution in [0.2, 0.25) is 5.02 Å². The highest BCUT2D eigenvalue weighted by Gasteiger charge is 2.21. The number of hydrogen-bond acceptors (Lipinski definition) is 5. The monoisotopic (exact) mass is 446 g/mol. The summed E-state index contributed by atoms with van der Waals surface area (Å²) in [4.78, 5) is 14.9. The third-order valence-electron chi connectivity index (χ3n) is 5.17. The second-order valence-electron chi connectivity index (χ2n) is 7.91. The molecular weight excluding hydrogens is 416 g/mol. The fourth-order valence-electron chi connectivity index (χ4n) is 3.74. The van der Waals surface area contributed by atoms with Crippen LogP contribution >= 0.6 is 11.6 Å². The van der Waals surface area contributed by atoms with Crippen LogP contribution in [0, 0.1) is 0 Å². The summed E-state index contributed by atoms with van der Waals surface area (Å²) < 4.78 is 17.0. The normalized spacial score (nSPS) is 19.1. The van der Waals surface area contributed by atoms with Crippen LogP contribution in [-0.2, 0) is 11.3 Å². The number of carbonyl (C=O) groups excluding carboxylic acids is 1.